The van der Waals surface area contributed by atoms with E-state index >= 15 is 0 Å². The van der Waals surface area contributed by atoms with Gasteiger partial charge < -0.3 is 10.6 Å². The van der Waals surface area contributed by atoms with Gasteiger partial charge in [-0.05, 0) is 18.1 Å². The highest BCUT2D eigenvalue weighted by atomic mass is 15.1. The van der Waals surface area contributed by atoms with Crippen LogP contribution in [0.2, 0.25) is 0 Å². The first kappa shape index (κ1) is 6.46. The van der Waals surface area contributed by atoms with Crippen molar-refractivity contribution in [2.45, 2.75) is 6.42 Å². The van der Waals surface area contributed by atoms with Gasteiger partial charge in [0.1, 0.15) is 5.82 Å². The Kier molecular flexibility index (Phi) is 1.24. The Labute approximate surface area is 65.8 Å². The normalized spacial score (nSPS) is 15.2. The maximum Gasteiger partial charge on any atom is 0.123 e. The number of rotatable bonds is 0. The molecule has 0 amide bonds. The van der Waals surface area contributed by atoms with Crippen molar-refractivity contribution in [3.05, 3.63) is 17.8 Å². The molecule has 2 heterocycles. The highest BCUT2D eigenvalue weighted by molar-refractivity contribution is 5.58. The van der Waals surface area contributed by atoms with Crippen LogP contribution in [0.3, 0.4) is 0 Å². The molecule has 0 fully saturated rings. The molecule has 1 aromatic heterocycles. The van der Waals surface area contributed by atoms with Crippen molar-refractivity contribution in [2.24, 2.45) is 0 Å². The summed E-state index contributed by atoms with van der Waals surface area (Å²) in [6, 6.07) is 1.96. The predicted octanol–water partition coefficient (Wildman–Crippen LogP) is 0.656. The van der Waals surface area contributed by atoms with Gasteiger partial charge in [-0.15, -0.1) is 0 Å². The Balaban J connectivity index is 2.50. The molecule has 0 saturated carbocycles. The van der Waals surface area contributed by atoms with E-state index in [2.05, 4.69) is 16.9 Å². The fourth-order valence-electron chi connectivity index (χ4n) is 1.46. The second-order valence-corrected chi connectivity index (χ2v) is 2.91. The average Bonchev–Trinajstić information content (AvgIpc) is 2.32. The molecule has 58 valence electrons. The molecule has 0 aromatic carbocycles. The monoisotopic (exact) mass is 149 g/mol. The van der Waals surface area contributed by atoms with Crippen molar-refractivity contribution < 1.29 is 0 Å². The molecule has 1 aromatic rings. The zero-order chi connectivity index (χ0) is 7.84. The molecule has 2 rings (SSSR count). The van der Waals surface area contributed by atoms with Crippen molar-refractivity contribution in [3.63, 3.8) is 0 Å². The minimum Gasteiger partial charge on any atom is -0.384 e. The molecule has 2 N–H and O–H groups in total. The van der Waals surface area contributed by atoms with E-state index in [0.29, 0.717) is 5.82 Å². The standard InChI is InChI=1S/C8H11N3/c1-11-3-2-6-4-8(9)10-5-7(6)11/h4-5H,2-3H2,1H3,(H2,9,10). The van der Waals surface area contributed by atoms with Gasteiger partial charge in [0.25, 0.3) is 0 Å². The fourth-order valence-corrected chi connectivity index (χ4v) is 1.46. The van der Waals surface area contributed by atoms with Gasteiger partial charge in [0.15, 0.2) is 0 Å². The van der Waals surface area contributed by atoms with Gasteiger partial charge in [0, 0.05) is 13.6 Å². The summed E-state index contributed by atoms with van der Waals surface area (Å²) in [7, 11) is 2.07. The number of fused-ring (bicyclic) bond motifs is 1. The molecule has 11 heavy (non-hydrogen) atoms. The Morgan fingerprint density at radius 2 is 2.45 bits per heavy atom. The van der Waals surface area contributed by atoms with Crippen molar-refractivity contribution in [2.75, 3.05) is 24.2 Å². The van der Waals surface area contributed by atoms with E-state index < -0.39 is 0 Å². The van der Waals surface area contributed by atoms with Crippen LogP contribution in [0, 0.1) is 0 Å². The van der Waals surface area contributed by atoms with Crippen molar-refractivity contribution in [1.82, 2.24) is 4.98 Å². The molecule has 0 atom stereocenters. The molecular weight excluding hydrogens is 138 g/mol. The molecule has 3 nitrogen and oxygen atoms in total. The predicted molar refractivity (Wildman–Crippen MR) is 45.6 cm³/mol. The minimum absolute atomic E-state index is 0.624. The van der Waals surface area contributed by atoms with E-state index in [0.717, 1.165) is 13.0 Å². The highest BCUT2D eigenvalue weighted by Crippen LogP contribution is 2.26. The van der Waals surface area contributed by atoms with Crippen molar-refractivity contribution >= 4 is 11.5 Å². The van der Waals surface area contributed by atoms with E-state index in [1.165, 1.54) is 11.3 Å². The van der Waals surface area contributed by atoms with Crippen LogP contribution in [0.5, 0.6) is 0 Å². The van der Waals surface area contributed by atoms with Gasteiger partial charge in [-0.1, -0.05) is 0 Å². The van der Waals surface area contributed by atoms with Gasteiger partial charge in [-0.2, -0.15) is 0 Å². The van der Waals surface area contributed by atoms with Gasteiger partial charge in [0.2, 0.25) is 0 Å². The third-order valence-electron chi connectivity index (χ3n) is 2.11. The van der Waals surface area contributed by atoms with Crippen molar-refractivity contribution in [1.29, 1.82) is 0 Å². The van der Waals surface area contributed by atoms with E-state index in [4.69, 9.17) is 5.73 Å². The van der Waals surface area contributed by atoms with E-state index in [1.54, 1.807) is 0 Å². The maximum absolute atomic E-state index is 5.55. The molecule has 0 unspecified atom stereocenters. The van der Waals surface area contributed by atoms with E-state index in [9.17, 15) is 0 Å². The van der Waals surface area contributed by atoms with Crippen LogP contribution in [-0.2, 0) is 6.42 Å². The number of anilines is 2. The molecule has 3 heteroatoms. The molecule has 1 aliphatic heterocycles. The summed E-state index contributed by atoms with van der Waals surface area (Å²) in [5, 5.41) is 0. The lowest BCUT2D eigenvalue weighted by Crippen LogP contribution is -2.12. The van der Waals surface area contributed by atoms with Crippen LogP contribution >= 0.6 is 0 Å². The number of aromatic nitrogens is 1. The Bertz CT molecular complexity index is 283. The van der Waals surface area contributed by atoms with Crippen molar-refractivity contribution in [3.8, 4) is 0 Å². The Morgan fingerprint density at radius 1 is 1.64 bits per heavy atom. The summed E-state index contributed by atoms with van der Waals surface area (Å²) in [4.78, 5) is 6.23. The van der Waals surface area contributed by atoms with Crippen LogP contribution in [0.25, 0.3) is 0 Å². The maximum atomic E-state index is 5.55. The molecule has 0 radical (unpaired) electrons. The van der Waals surface area contributed by atoms with Gasteiger partial charge in [0.05, 0.1) is 11.9 Å². The third-order valence-corrected chi connectivity index (χ3v) is 2.11. The smallest absolute Gasteiger partial charge is 0.123 e. The van der Waals surface area contributed by atoms with Crippen LogP contribution in [0.15, 0.2) is 12.3 Å². The summed E-state index contributed by atoms with van der Waals surface area (Å²) in [5.41, 5.74) is 8.09. The molecule has 1 aliphatic rings. The first-order valence-electron chi connectivity index (χ1n) is 3.73. The van der Waals surface area contributed by atoms with Crippen LogP contribution < -0.4 is 10.6 Å². The number of hydrogen-bond acceptors (Lipinski definition) is 3. The summed E-state index contributed by atoms with van der Waals surface area (Å²) in [6.07, 6.45) is 2.94. The lowest BCUT2D eigenvalue weighted by molar-refractivity contribution is 0.955. The fraction of sp³-hybridized carbons (Fsp3) is 0.375. The summed E-state index contributed by atoms with van der Waals surface area (Å²) < 4.78 is 0. The van der Waals surface area contributed by atoms with E-state index in [-0.39, 0.29) is 0 Å². The molecule has 0 spiro atoms. The number of hydrogen-bond donors (Lipinski definition) is 1. The highest BCUT2D eigenvalue weighted by Gasteiger charge is 2.15. The first-order valence-corrected chi connectivity index (χ1v) is 3.73. The topological polar surface area (TPSA) is 42.1 Å². The summed E-state index contributed by atoms with van der Waals surface area (Å²) >= 11 is 0. The second-order valence-electron chi connectivity index (χ2n) is 2.91. The number of nitrogens with zero attached hydrogens (tertiary/aromatic N) is 2. The third kappa shape index (κ3) is 0.926. The van der Waals surface area contributed by atoms with Crippen LogP contribution in [-0.4, -0.2) is 18.6 Å². The molecule has 0 saturated heterocycles. The number of nitrogens with two attached hydrogens (primary N) is 1. The minimum atomic E-state index is 0.624. The van der Waals surface area contributed by atoms with Gasteiger partial charge in [-0.3, -0.25) is 0 Å². The Hall–Kier alpha value is -1.25. The SMILES string of the molecule is CN1CCc2cc(N)ncc21. The lowest BCUT2D eigenvalue weighted by Gasteiger charge is -2.10. The van der Waals surface area contributed by atoms with Gasteiger partial charge >= 0.3 is 0 Å². The number of nitrogen functional groups attached to an aromatic ring is 1. The largest absolute Gasteiger partial charge is 0.384 e. The zero-order valence-electron chi connectivity index (χ0n) is 6.54. The summed E-state index contributed by atoms with van der Waals surface area (Å²) in [5.74, 6) is 0.624. The quantitative estimate of drug-likeness (QED) is 0.589. The molecular formula is C8H11N3. The second kappa shape index (κ2) is 2.12. The zero-order valence-corrected chi connectivity index (χ0v) is 6.54. The number of pyridine rings is 1. The summed E-state index contributed by atoms with van der Waals surface area (Å²) in [6.45, 7) is 1.08. The van der Waals surface area contributed by atoms with Gasteiger partial charge in [-0.25, -0.2) is 4.98 Å². The number of likely N-dealkylation sites (N-methyl/N-ethyl adjacent to an activating group) is 1. The van der Waals surface area contributed by atoms with Crippen LogP contribution in [0.4, 0.5) is 11.5 Å². The Morgan fingerprint density at radius 3 is 3.27 bits per heavy atom. The average molecular weight is 149 g/mol. The lowest BCUT2D eigenvalue weighted by atomic mass is 10.2. The first-order chi connectivity index (χ1) is 5.27. The van der Waals surface area contributed by atoms with Crippen LogP contribution in [0.1, 0.15) is 5.56 Å². The molecule has 0 aliphatic carbocycles. The molecule has 0 bridgehead atoms. The van der Waals surface area contributed by atoms with E-state index in [1.807, 2.05) is 12.3 Å².